The van der Waals surface area contributed by atoms with Gasteiger partial charge in [0.25, 0.3) is 0 Å². The number of carbonyl (C=O) groups is 2. The Morgan fingerprint density at radius 1 is 1.26 bits per heavy atom. The molecule has 31 heavy (non-hydrogen) atoms. The van der Waals surface area contributed by atoms with Crippen molar-refractivity contribution in [2.45, 2.75) is 56.5 Å². The summed E-state index contributed by atoms with van der Waals surface area (Å²) in [6.45, 7) is 5.78. The van der Waals surface area contributed by atoms with Crippen LogP contribution in [-0.2, 0) is 14.3 Å². The van der Waals surface area contributed by atoms with E-state index in [1.807, 2.05) is 45.0 Å². The van der Waals surface area contributed by atoms with Gasteiger partial charge >= 0.3 is 0 Å². The number of aliphatic hydroxyl groups excluding tert-OH is 3. The van der Waals surface area contributed by atoms with E-state index in [4.69, 9.17) is 4.74 Å². The number of ketones is 1. The van der Waals surface area contributed by atoms with Gasteiger partial charge < -0.3 is 25.0 Å². The second-order valence-corrected chi connectivity index (χ2v) is 9.96. The van der Waals surface area contributed by atoms with Crippen LogP contribution in [0.4, 0.5) is 5.69 Å². The molecule has 0 unspecified atom stereocenters. The number of para-hydroxylation sites is 1. The van der Waals surface area contributed by atoms with Crippen LogP contribution in [0.3, 0.4) is 0 Å². The van der Waals surface area contributed by atoms with Crippen LogP contribution in [0, 0.1) is 11.3 Å². The van der Waals surface area contributed by atoms with Crippen LogP contribution < -0.4 is 4.90 Å². The number of thioether (sulfide) groups is 1. The number of allylic oxidation sites excluding steroid dienone is 1. The van der Waals surface area contributed by atoms with E-state index in [1.165, 1.54) is 24.9 Å². The Bertz CT molecular complexity index is 806. The van der Waals surface area contributed by atoms with Gasteiger partial charge in [0.2, 0.25) is 5.91 Å². The molecule has 1 aliphatic rings. The molecule has 172 valence electrons. The number of hydrogen-bond acceptors (Lipinski definition) is 7. The fourth-order valence-corrected chi connectivity index (χ4v) is 4.53. The van der Waals surface area contributed by atoms with Gasteiger partial charge in [0.05, 0.1) is 11.6 Å². The van der Waals surface area contributed by atoms with Crippen LogP contribution in [0.25, 0.3) is 0 Å². The molecule has 0 saturated carbocycles. The number of Topliss-reactive ketones (excluding diaryl/α,β-unsaturated/α-hetero) is 1. The molecule has 0 aromatic heterocycles. The van der Waals surface area contributed by atoms with Crippen molar-refractivity contribution in [3.8, 4) is 0 Å². The van der Waals surface area contributed by atoms with Crippen molar-refractivity contribution in [1.82, 2.24) is 0 Å². The molecule has 8 heteroatoms. The number of nitrogens with zero attached hydrogens (tertiary/aromatic N) is 1. The van der Waals surface area contributed by atoms with Crippen molar-refractivity contribution in [1.29, 1.82) is 0 Å². The number of anilines is 1. The summed E-state index contributed by atoms with van der Waals surface area (Å²) >= 11 is 1.50. The first-order valence-electron chi connectivity index (χ1n) is 10.2. The van der Waals surface area contributed by atoms with Gasteiger partial charge in [0.15, 0.2) is 5.78 Å². The summed E-state index contributed by atoms with van der Waals surface area (Å²) in [6.07, 6.45) is -3.01. The lowest BCUT2D eigenvalue weighted by Gasteiger charge is -2.28. The third kappa shape index (κ3) is 6.63. The Balaban J connectivity index is 2.08. The molecule has 0 spiro atoms. The molecule has 1 amide bonds. The summed E-state index contributed by atoms with van der Waals surface area (Å²) in [5.41, 5.74) is 0.573. The van der Waals surface area contributed by atoms with Crippen molar-refractivity contribution in [2.24, 2.45) is 11.3 Å². The Morgan fingerprint density at radius 3 is 2.52 bits per heavy atom. The predicted octanol–water partition coefficient (Wildman–Crippen LogP) is 2.03. The molecule has 1 aliphatic heterocycles. The van der Waals surface area contributed by atoms with Crippen molar-refractivity contribution in [3.63, 3.8) is 0 Å². The van der Waals surface area contributed by atoms with Crippen LogP contribution in [0.5, 0.6) is 0 Å². The van der Waals surface area contributed by atoms with Gasteiger partial charge in [-0.25, -0.2) is 0 Å². The topological polar surface area (TPSA) is 107 Å². The van der Waals surface area contributed by atoms with E-state index >= 15 is 0 Å². The SMILES string of the molecule is CO[C@@H](C(=O)C[C@H]1CSc2ccccc2N(C)C1=O)[C@H](O)[C@@H](O)[C@H](O)/C=C/C(C)(C)C. The fourth-order valence-electron chi connectivity index (χ4n) is 3.36. The molecule has 7 nitrogen and oxygen atoms in total. The summed E-state index contributed by atoms with van der Waals surface area (Å²) in [4.78, 5) is 28.3. The van der Waals surface area contributed by atoms with Crippen molar-refractivity contribution < 1.29 is 29.6 Å². The van der Waals surface area contributed by atoms with Gasteiger partial charge in [-0.1, -0.05) is 45.1 Å². The molecule has 1 heterocycles. The normalized spacial score (nSPS) is 21.4. The minimum absolute atomic E-state index is 0.139. The van der Waals surface area contributed by atoms with E-state index in [0.29, 0.717) is 5.75 Å². The first kappa shape index (κ1) is 25.5. The second-order valence-electron chi connectivity index (χ2n) is 8.90. The highest BCUT2D eigenvalue weighted by atomic mass is 32.2. The quantitative estimate of drug-likeness (QED) is 0.519. The third-order valence-corrected chi connectivity index (χ3v) is 6.39. The van der Waals surface area contributed by atoms with Crippen molar-refractivity contribution >= 4 is 29.1 Å². The average molecular weight is 452 g/mol. The smallest absolute Gasteiger partial charge is 0.231 e. The maximum Gasteiger partial charge on any atom is 0.231 e. The van der Waals surface area contributed by atoms with Gasteiger partial charge in [-0.05, 0) is 17.5 Å². The molecule has 3 N–H and O–H groups in total. The van der Waals surface area contributed by atoms with Crippen molar-refractivity contribution in [3.05, 3.63) is 36.4 Å². The largest absolute Gasteiger partial charge is 0.387 e. The molecular formula is C23H33NO6S. The van der Waals surface area contributed by atoms with Crippen LogP contribution >= 0.6 is 11.8 Å². The van der Waals surface area contributed by atoms with E-state index in [9.17, 15) is 24.9 Å². The zero-order valence-electron chi connectivity index (χ0n) is 18.7. The minimum atomic E-state index is -1.64. The van der Waals surface area contributed by atoms with Gasteiger partial charge in [-0.2, -0.15) is 0 Å². The number of rotatable bonds is 8. The lowest BCUT2D eigenvalue weighted by Crippen LogP contribution is -2.49. The predicted molar refractivity (Wildman–Crippen MR) is 121 cm³/mol. The summed E-state index contributed by atoms with van der Waals surface area (Å²) in [5, 5.41) is 31.0. The average Bonchev–Trinajstić information content (AvgIpc) is 2.83. The van der Waals surface area contributed by atoms with Gasteiger partial charge in [-0.15, -0.1) is 11.8 Å². The molecule has 0 fully saturated rings. The van der Waals surface area contributed by atoms with E-state index in [0.717, 1.165) is 10.6 Å². The van der Waals surface area contributed by atoms with E-state index in [2.05, 4.69) is 0 Å². The molecule has 0 aliphatic carbocycles. The number of amides is 1. The number of methoxy groups -OCH3 is 1. The number of fused-ring (bicyclic) bond motifs is 1. The Hall–Kier alpha value is -1.71. The summed E-state index contributed by atoms with van der Waals surface area (Å²) in [7, 11) is 2.93. The maximum absolute atomic E-state index is 12.9. The van der Waals surface area contributed by atoms with E-state index in [1.54, 1.807) is 18.0 Å². The molecule has 5 atom stereocenters. The Kier molecular flexibility index (Phi) is 8.85. The lowest BCUT2D eigenvalue weighted by atomic mass is 9.92. The standard InChI is InChI=1S/C23H33NO6S/c1-23(2,3)11-10-16(25)19(27)20(28)21(30-5)17(26)12-14-13-31-18-9-7-6-8-15(18)24(4)22(14)29/h6-11,14,16,19-21,25,27-28H,12-13H2,1-5H3/b11-10+/t14-,16+,19-,20+,21-/m0/s1. The van der Waals surface area contributed by atoms with E-state index < -0.39 is 36.1 Å². The highest BCUT2D eigenvalue weighted by molar-refractivity contribution is 7.99. The monoisotopic (exact) mass is 451 g/mol. The molecule has 0 bridgehead atoms. The highest BCUT2D eigenvalue weighted by Gasteiger charge is 2.38. The molecule has 1 aromatic carbocycles. The van der Waals surface area contributed by atoms with Crippen LogP contribution in [0.1, 0.15) is 27.2 Å². The second kappa shape index (κ2) is 10.7. The van der Waals surface area contributed by atoms with E-state index in [-0.39, 0.29) is 17.7 Å². The van der Waals surface area contributed by atoms with Gasteiger partial charge in [0, 0.05) is 31.2 Å². The summed E-state index contributed by atoms with van der Waals surface area (Å²) < 4.78 is 5.16. The van der Waals surface area contributed by atoms with Crippen LogP contribution in [-0.4, -0.2) is 71.3 Å². The van der Waals surface area contributed by atoms with Crippen molar-refractivity contribution in [2.75, 3.05) is 24.8 Å². The zero-order valence-corrected chi connectivity index (χ0v) is 19.5. The fraction of sp³-hybridized carbons (Fsp3) is 0.565. The maximum atomic E-state index is 12.9. The third-order valence-electron chi connectivity index (χ3n) is 5.17. The first-order chi connectivity index (χ1) is 14.5. The number of carbonyl (C=O) groups excluding carboxylic acids is 2. The Morgan fingerprint density at radius 2 is 1.90 bits per heavy atom. The molecule has 0 radical (unpaired) electrons. The van der Waals surface area contributed by atoms with Crippen LogP contribution in [0.2, 0.25) is 0 Å². The molecule has 2 rings (SSSR count). The molecular weight excluding hydrogens is 418 g/mol. The minimum Gasteiger partial charge on any atom is -0.387 e. The number of hydrogen-bond donors (Lipinski definition) is 3. The zero-order chi connectivity index (χ0) is 23.3. The summed E-state index contributed by atoms with van der Waals surface area (Å²) in [5.74, 6) is -0.872. The van der Waals surface area contributed by atoms with Crippen LogP contribution in [0.15, 0.2) is 41.3 Å². The Labute approximate surface area is 188 Å². The lowest BCUT2D eigenvalue weighted by molar-refractivity contribution is -0.148. The molecule has 1 aromatic rings. The summed E-state index contributed by atoms with van der Waals surface area (Å²) in [6, 6.07) is 7.54. The number of benzene rings is 1. The highest BCUT2D eigenvalue weighted by Crippen LogP contribution is 2.36. The number of aliphatic hydroxyl groups is 3. The van der Waals surface area contributed by atoms with Gasteiger partial charge in [-0.3, -0.25) is 9.59 Å². The molecule has 0 saturated heterocycles. The first-order valence-corrected chi connectivity index (χ1v) is 11.2. The number of ether oxygens (including phenoxy) is 1. The van der Waals surface area contributed by atoms with Gasteiger partial charge in [0.1, 0.15) is 24.4 Å².